The number of hydrogen-bond acceptors (Lipinski definition) is 2. The molecule has 14 heavy (non-hydrogen) atoms. The van der Waals surface area contributed by atoms with Crippen molar-refractivity contribution in [3.63, 3.8) is 0 Å². The number of carbonyl (C=O) groups excluding carboxylic acids is 1. The standard InChI is InChI=1S/C10H13ClN2O/c1-7(14)12-9-6-4-5-8(11)10(9)13(2)3/h4-6H,1-3H3,(H,12,14). The van der Waals surface area contributed by atoms with Crippen LogP contribution in [0.5, 0.6) is 0 Å². The van der Waals surface area contributed by atoms with E-state index in [4.69, 9.17) is 11.6 Å². The summed E-state index contributed by atoms with van der Waals surface area (Å²) in [5, 5.41) is 3.36. The molecule has 0 unspecified atom stereocenters. The molecule has 1 aromatic carbocycles. The number of halogens is 1. The number of nitrogens with zero attached hydrogens (tertiary/aromatic N) is 1. The highest BCUT2D eigenvalue weighted by Crippen LogP contribution is 2.32. The largest absolute Gasteiger partial charge is 0.375 e. The van der Waals surface area contributed by atoms with Crippen LogP contribution in [-0.2, 0) is 4.79 Å². The highest BCUT2D eigenvalue weighted by Gasteiger charge is 2.09. The van der Waals surface area contributed by atoms with E-state index in [0.717, 1.165) is 11.4 Å². The van der Waals surface area contributed by atoms with Crippen LogP contribution >= 0.6 is 11.6 Å². The first-order chi connectivity index (χ1) is 6.52. The lowest BCUT2D eigenvalue weighted by Crippen LogP contribution is -2.14. The van der Waals surface area contributed by atoms with Crippen LogP contribution in [0, 0.1) is 0 Å². The molecular formula is C10H13ClN2O. The summed E-state index contributed by atoms with van der Waals surface area (Å²) in [5.41, 5.74) is 1.55. The molecule has 0 aromatic heterocycles. The summed E-state index contributed by atoms with van der Waals surface area (Å²) in [6.45, 7) is 1.47. The molecule has 76 valence electrons. The molecule has 0 atom stereocenters. The minimum Gasteiger partial charge on any atom is -0.375 e. The zero-order valence-corrected chi connectivity index (χ0v) is 9.22. The Morgan fingerprint density at radius 2 is 2.07 bits per heavy atom. The van der Waals surface area contributed by atoms with Gasteiger partial charge in [0.1, 0.15) is 0 Å². The molecule has 0 saturated carbocycles. The van der Waals surface area contributed by atoms with E-state index in [9.17, 15) is 4.79 Å². The van der Waals surface area contributed by atoms with E-state index in [-0.39, 0.29) is 5.91 Å². The fraction of sp³-hybridized carbons (Fsp3) is 0.300. The predicted molar refractivity (Wildman–Crippen MR) is 60.1 cm³/mol. The third-order valence-corrected chi connectivity index (χ3v) is 2.05. The van der Waals surface area contributed by atoms with Gasteiger partial charge in [-0.3, -0.25) is 4.79 Å². The Bertz CT molecular complexity index is 350. The summed E-state index contributed by atoms with van der Waals surface area (Å²) in [7, 11) is 3.76. The van der Waals surface area contributed by atoms with Crippen LogP contribution in [0.3, 0.4) is 0 Å². The Morgan fingerprint density at radius 3 is 2.57 bits per heavy atom. The van der Waals surface area contributed by atoms with E-state index in [0.29, 0.717) is 5.02 Å². The van der Waals surface area contributed by atoms with Crippen molar-refractivity contribution in [1.29, 1.82) is 0 Å². The fourth-order valence-corrected chi connectivity index (χ4v) is 1.60. The topological polar surface area (TPSA) is 32.3 Å². The summed E-state index contributed by atoms with van der Waals surface area (Å²) in [4.78, 5) is 12.8. The Labute approximate surface area is 88.7 Å². The van der Waals surface area contributed by atoms with Gasteiger partial charge in [0.15, 0.2) is 0 Å². The Balaban J connectivity index is 3.14. The maximum atomic E-state index is 10.9. The third kappa shape index (κ3) is 2.39. The molecule has 0 aliphatic heterocycles. The molecule has 1 N–H and O–H groups in total. The number of rotatable bonds is 2. The Hall–Kier alpha value is -1.22. The van der Waals surface area contributed by atoms with Gasteiger partial charge < -0.3 is 10.2 Å². The molecule has 1 aromatic rings. The van der Waals surface area contributed by atoms with Crippen molar-refractivity contribution in [2.24, 2.45) is 0 Å². The molecule has 4 heteroatoms. The van der Waals surface area contributed by atoms with E-state index < -0.39 is 0 Å². The number of para-hydroxylation sites is 1. The van der Waals surface area contributed by atoms with Crippen molar-refractivity contribution < 1.29 is 4.79 Å². The highest BCUT2D eigenvalue weighted by molar-refractivity contribution is 6.34. The first-order valence-electron chi connectivity index (χ1n) is 4.26. The SMILES string of the molecule is CC(=O)Nc1cccc(Cl)c1N(C)C. The van der Waals surface area contributed by atoms with Gasteiger partial charge in [0.2, 0.25) is 5.91 Å². The van der Waals surface area contributed by atoms with Gasteiger partial charge in [0.25, 0.3) is 0 Å². The minimum absolute atomic E-state index is 0.102. The van der Waals surface area contributed by atoms with E-state index in [1.807, 2.05) is 25.1 Å². The van der Waals surface area contributed by atoms with Crippen LogP contribution in [0.4, 0.5) is 11.4 Å². The molecule has 0 aliphatic rings. The van der Waals surface area contributed by atoms with E-state index in [2.05, 4.69) is 5.32 Å². The fourth-order valence-electron chi connectivity index (χ4n) is 1.26. The second kappa shape index (κ2) is 4.33. The van der Waals surface area contributed by atoms with Crippen molar-refractivity contribution in [2.75, 3.05) is 24.3 Å². The zero-order valence-electron chi connectivity index (χ0n) is 8.47. The van der Waals surface area contributed by atoms with E-state index >= 15 is 0 Å². The lowest BCUT2D eigenvalue weighted by Gasteiger charge is -2.18. The third-order valence-electron chi connectivity index (χ3n) is 1.74. The quantitative estimate of drug-likeness (QED) is 0.817. The van der Waals surface area contributed by atoms with Gasteiger partial charge in [-0.2, -0.15) is 0 Å². The van der Waals surface area contributed by atoms with Crippen LogP contribution in [0.15, 0.2) is 18.2 Å². The normalized spacial score (nSPS) is 9.71. The summed E-state index contributed by atoms with van der Waals surface area (Å²) in [6, 6.07) is 5.42. The van der Waals surface area contributed by atoms with Gasteiger partial charge in [0.05, 0.1) is 16.4 Å². The minimum atomic E-state index is -0.102. The van der Waals surface area contributed by atoms with Crippen molar-refractivity contribution in [3.8, 4) is 0 Å². The number of hydrogen-bond donors (Lipinski definition) is 1. The van der Waals surface area contributed by atoms with Crippen molar-refractivity contribution in [2.45, 2.75) is 6.92 Å². The van der Waals surface area contributed by atoms with Crippen molar-refractivity contribution in [1.82, 2.24) is 0 Å². The second-order valence-electron chi connectivity index (χ2n) is 3.21. The average Bonchev–Trinajstić information content (AvgIpc) is 2.01. The predicted octanol–water partition coefficient (Wildman–Crippen LogP) is 2.36. The molecular weight excluding hydrogens is 200 g/mol. The van der Waals surface area contributed by atoms with E-state index in [1.54, 1.807) is 12.1 Å². The zero-order chi connectivity index (χ0) is 10.7. The first kappa shape index (κ1) is 10.9. The molecule has 1 rings (SSSR count). The van der Waals surface area contributed by atoms with Crippen molar-refractivity contribution in [3.05, 3.63) is 23.2 Å². The monoisotopic (exact) mass is 212 g/mol. The lowest BCUT2D eigenvalue weighted by atomic mass is 10.2. The summed E-state index contributed by atoms with van der Waals surface area (Å²) in [5.74, 6) is -0.102. The molecule has 0 aliphatic carbocycles. The maximum absolute atomic E-state index is 10.9. The number of nitrogens with one attached hydrogen (secondary N) is 1. The molecule has 0 heterocycles. The maximum Gasteiger partial charge on any atom is 0.221 e. The van der Waals surface area contributed by atoms with Crippen LogP contribution in [0.2, 0.25) is 5.02 Å². The van der Waals surface area contributed by atoms with Gasteiger partial charge in [-0.15, -0.1) is 0 Å². The molecule has 0 saturated heterocycles. The number of benzene rings is 1. The first-order valence-corrected chi connectivity index (χ1v) is 4.63. The number of amides is 1. The average molecular weight is 213 g/mol. The Kier molecular flexibility index (Phi) is 3.36. The molecule has 0 fully saturated rings. The molecule has 1 amide bonds. The van der Waals surface area contributed by atoms with E-state index in [1.165, 1.54) is 6.92 Å². The van der Waals surface area contributed by atoms with Crippen LogP contribution in [-0.4, -0.2) is 20.0 Å². The molecule has 3 nitrogen and oxygen atoms in total. The van der Waals surface area contributed by atoms with Gasteiger partial charge >= 0.3 is 0 Å². The molecule has 0 radical (unpaired) electrons. The number of carbonyl (C=O) groups is 1. The smallest absolute Gasteiger partial charge is 0.221 e. The summed E-state index contributed by atoms with van der Waals surface area (Å²) >= 11 is 6.01. The summed E-state index contributed by atoms with van der Waals surface area (Å²) in [6.07, 6.45) is 0. The number of anilines is 2. The van der Waals surface area contributed by atoms with Gasteiger partial charge in [-0.25, -0.2) is 0 Å². The molecule has 0 spiro atoms. The highest BCUT2D eigenvalue weighted by atomic mass is 35.5. The van der Waals surface area contributed by atoms with Crippen LogP contribution < -0.4 is 10.2 Å². The van der Waals surface area contributed by atoms with Crippen molar-refractivity contribution >= 4 is 28.9 Å². The molecule has 0 bridgehead atoms. The van der Waals surface area contributed by atoms with Crippen LogP contribution in [0.25, 0.3) is 0 Å². The Morgan fingerprint density at radius 1 is 1.43 bits per heavy atom. The van der Waals surface area contributed by atoms with Crippen LogP contribution in [0.1, 0.15) is 6.92 Å². The second-order valence-corrected chi connectivity index (χ2v) is 3.62. The summed E-state index contributed by atoms with van der Waals surface area (Å²) < 4.78 is 0. The van der Waals surface area contributed by atoms with Gasteiger partial charge in [-0.1, -0.05) is 17.7 Å². The lowest BCUT2D eigenvalue weighted by molar-refractivity contribution is -0.114. The van der Waals surface area contributed by atoms with Gasteiger partial charge in [-0.05, 0) is 12.1 Å². The van der Waals surface area contributed by atoms with Gasteiger partial charge in [0, 0.05) is 21.0 Å².